The van der Waals surface area contributed by atoms with Gasteiger partial charge in [0.1, 0.15) is 0 Å². The lowest BCUT2D eigenvalue weighted by molar-refractivity contribution is 0.337. The third kappa shape index (κ3) is 4.98. The predicted molar refractivity (Wildman–Crippen MR) is 74.1 cm³/mol. The summed E-state index contributed by atoms with van der Waals surface area (Å²) in [4.78, 5) is 2.47. The van der Waals surface area contributed by atoms with Crippen LogP contribution in [0.2, 0.25) is 18.1 Å². The minimum atomic E-state index is -1.02. The molecule has 0 aromatic carbocycles. The summed E-state index contributed by atoms with van der Waals surface area (Å²) in [6, 6.07) is 4.19. The van der Waals surface area contributed by atoms with Crippen molar-refractivity contribution in [3.63, 3.8) is 0 Å². The molecule has 0 rings (SSSR count). The maximum Gasteiger partial charge on any atom is 0.0766 e. The zero-order valence-electron chi connectivity index (χ0n) is 11.3. The molecule has 0 aromatic rings. The van der Waals surface area contributed by atoms with E-state index in [-0.39, 0.29) is 0 Å². The molecule has 0 aliphatic carbocycles. The Kier molecular flexibility index (Phi) is 8.07. The van der Waals surface area contributed by atoms with Crippen LogP contribution in [0.5, 0.6) is 0 Å². The normalized spacial score (nSPS) is 12.9. The largest absolute Gasteiger partial charge is 0.300 e. The van der Waals surface area contributed by atoms with Crippen LogP contribution in [0.3, 0.4) is 0 Å². The molecule has 0 saturated carbocycles. The number of nitrogens with zero attached hydrogens (tertiary/aromatic N) is 1. The van der Waals surface area contributed by atoms with Crippen LogP contribution in [0.25, 0.3) is 0 Å². The van der Waals surface area contributed by atoms with E-state index in [9.17, 15) is 0 Å². The molecule has 0 aliphatic heterocycles. The van der Waals surface area contributed by atoms with Gasteiger partial charge in [-0.05, 0) is 13.1 Å². The molecule has 15 heavy (non-hydrogen) atoms. The fourth-order valence-corrected chi connectivity index (χ4v) is 4.85. The van der Waals surface area contributed by atoms with E-state index < -0.39 is 8.07 Å². The molecule has 0 aliphatic rings. The van der Waals surface area contributed by atoms with Crippen molar-refractivity contribution in [2.45, 2.75) is 52.8 Å². The molecule has 2 heteroatoms. The van der Waals surface area contributed by atoms with Crippen LogP contribution >= 0.6 is 0 Å². The number of rotatable bonds is 8. The topological polar surface area (TPSA) is 3.24 Å². The fraction of sp³-hybridized carbons (Fsp3) is 0.846. The van der Waals surface area contributed by atoms with E-state index in [1.165, 1.54) is 31.2 Å². The summed E-state index contributed by atoms with van der Waals surface area (Å²) in [5.41, 5.74) is 2.59. The molecular weight excluding hydrogens is 198 g/mol. The summed E-state index contributed by atoms with van der Waals surface area (Å²) >= 11 is 0. The smallest absolute Gasteiger partial charge is 0.0766 e. The van der Waals surface area contributed by atoms with E-state index in [1.54, 1.807) is 0 Å². The highest BCUT2D eigenvalue weighted by atomic mass is 28.3. The van der Waals surface area contributed by atoms with Gasteiger partial charge in [-0.2, -0.15) is 0 Å². The summed E-state index contributed by atoms with van der Waals surface area (Å²) in [5.74, 6) is 0. The van der Waals surface area contributed by atoms with Crippen LogP contribution < -0.4 is 0 Å². The van der Waals surface area contributed by atoms with Crippen molar-refractivity contribution >= 4 is 8.07 Å². The Morgan fingerprint density at radius 3 is 1.67 bits per heavy atom. The zero-order chi connectivity index (χ0) is 11.7. The van der Waals surface area contributed by atoms with Gasteiger partial charge in [-0.1, -0.05) is 64.5 Å². The van der Waals surface area contributed by atoms with Gasteiger partial charge in [-0.15, -0.1) is 0 Å². The summed E-state index contributed by atoms with van der Waals surface area (Å²) < 4.78 is 0. The molecule has 0 atom stereocenters. The molecule has 0 saturated heterocycles. The van der Waals surface area contributed by atoms with E-state index >= 15 is 0 Å². The molecular formula is C13H29NSi. The molecule has 0 bridgehead atoms. The van der Waals surface area contributed by atoms with Gasteiger partial charge in [0, 0.05) is 6.54 Å². The van der Waals surface area contributed by atoms with Gasteiger partial charge in [-0.3, -0.25) is 0 Å². The Hall–Kier alpha value is -0.0831. The Morgan fingerprint density at radius 1 is 0.867 bits per heavy atom. The summed E-state index contributed by atoms with van der Waals surface area (Å²) in [6.07, 6.45) is 2.43. The zero-order valence-corrected chi connectivity index (χ0v) is 12.3. The second-order valence-electron chi connectivity index (χ2n) is 4.31. The highest BCUT2D eigenvalue weighted by molar-refractivity contribution is 6.84. The predicted octanol–water partition coefficient (Wildman–Crippen LogP) is 3.93. The van der Waals surface area contributed by atoms with Crippen LogP contribution in [-0.2, 0) is 0 Å². The Balaban J connectivity index is 4.22. The lowest BCUT2D eigenvalue weighted by Crippen LogP contribution is -2.30. The number of hydrogen-bond acceptors (Lipinski definition) is 1. The van der Waals surface area contributed by atoms with E-state index in [2.05, 4.69) is 51.3 Å². The van der Waals surface area contributed by atoms with E-state index in [0.29, 0.717) is 0 Å². The molecule has 0 heterocycles. The Labute approximate surface area is 97.6 Å². The molecule has 0 fully saturated rings. The molecule has 0 spiro atoms. The van der Waals surface area contributed by atoms with Gasteiger partial charge in [0.05, 0.1) is 8.07 Å². The lowest BCUT2D eigenvalue weighted by atomic mass is 10.5. The average Bonchev–Trinajstić information content (AvgIpc) is 2.31. The first-order valence-electron chi connectivity index (χ1n) is 6.58. The van der Waals surface area contributed by atoms with Crippen molar-refractivity contribution in [3.8, 4) is 0 Å². The first-order chi connectivity index (χ1) is 7.17. The third-order valence-electron chi connectivity index (χ3n) is 3.84. The first kappa shape index (κ1) is 14.9. The molecule has 0 amide bonds. The Bertz CT molecular complexity index is 161. The third-order valence-corrected chi connectivity index (χ3v) is 9.01. The maximum absolute atomic E-state index is 2.59. The van der Waals surface area contributed by atoms with Crippen LogP contribution in [0.1, 0.15) is 34.6 Å². The maximum atomic E-state index is 2.59. The second kappa shape index (κ2) is 8.11. The SMILES string of the molecule is CCN(CC)C/C=C/[Si](CC)(CC)CC. The Morgan fingerprint density at radius 2 is 1.33 bits per heavy atom. The van der Waals surface area contributed by atoms with Gasteiger partial charge >= 0.3 is 0 Å². The minimum Gasteiger partial charge on any atom is -0.300 e. The van der Waals surface area contributed by atoms with Gasteiger partial charge in [0.25, 0.3) is 0 Å². The summed E-state index contributed by atoms with van der Waals surface area (Å²) in [6.45, 7) is 15.0. The number of hydrogen-bond donors (Lipinski definition) is 0. The molecule has 1 nitrogen and oxygen atoms in total. The van der Waals surface area contributed by atoms with Crippen molar-refractivity contribution in [3.05, 3.63) is 11.8 Å². The van der Waals surface area contributed by atoms with Crippen molar-refractivity contribution in [2.75, 3.05) is 19.6 Å². The molecule has 0 N–H and O–H groups in total. The van der Waals surface area contributed by atoms with Crippen LogP contribution in [0.15, 0.2) is 11.8 Å². The highest BCUT2D eigenvalue weighted by Gasteiger charge is 2.22. The summed E-state index contributed by atoms with van der Waals surface area (Å²) in [7, 11) is -1.02. The van der Waals surface area contributed by atoms with Crippen molar-refractivity contribution in [2.24, 2.45) is 0 Å². The van der Waals surface area contributed by atoms with Crippen LogP contribution in [0, 0.1) is 0 Å². The molecule has 0 aromatic heterocycles. The highest BCUT2D eigenvalue weighted by Crippen LogP contribution is 2.21. The van der Waals surface area contributed by atoms with E-state index in [0.717, 1.165) is 6.54 Å². The van der Waals surface area contributed by atoms with E-state index in [1.807, 2.05) is 0 Å². The monoisotopic (exact) mass is 227 g/mol. The van der Waals surface area contributed by atoms with E-state index in [4.69, 9.17) is 0 Å². The summed E-state index contributed by atoms with van der Waals surface area (Å²) in [5, 5.41) is 0. The van der Waals surface area contributed by atoms with Gasteiger partial charge < -0.3 is 4.90 Å². The van der Waals surface area contributed by atoms with Gasteiger partial charge in [0.15, 0.2) is 0 Å². The lowest BCUT2D eigenvalue weighted by Gasteiger charge is -2.24. The standard InChI is InChI=1S/C13H29NSi/c1-6-14(7-2)12-11-13-15(8-3,9-4)10-5/h11,13H,6-10,12H2,1-5H3/b13-11+. The quantitative estimate of drug-likeness (QED) is 0.568. The molecule has 90 valence electrons. The second-order valence-corrected chi connectivity index (χ2v) is 9.49. The minimum absolute atomic E-state index is 1.02. The van der Waals surface area contributed by atoms with Gasteiger partial charge in [-0.25, -0.2) is 0 Å². The van der Waals surface area contributed by atoms with Crippen molar-refractivity contribution in [1.29, 1.82) is 0 Å². The van der Waals surface area contributed by atoms with Gasteiger partial charge in [0.2, 0.25) is 0 Å². The molecule has 0 unspecified atom stereocenters. The first-order valence-corrected chi connectivity index (χ1v) is 9.27. The van der Waals surface area contributed by atoms with Crippen LogP contribution in [0.4, 0.5) is 0 Å². The average molecular weight is 227 g/mol. The molecule has 0 radical (unpaired) electrons. The van der Waals surface area contributed by atoms with Crippen molar-refractivity contribution in [1.82, 2.24) is 4.90 Å². The fourth-order valence-electron chi connectivity index (χ4n) is 2.04. The number of likely N-dealkylation sites (N-methyl/N-ethyl adjacent to an activating group) is 1. The van der Waals surface area contributed by atoms with Crippen molar-refractivity contribution < 1.29 is 0 Å². The van der Waals surface area contributed by atoms with Crippen LogP contribution in [-0.4, -0.2) is 32.6 Å².